The molecule has 1 unspecified atom stereocenters. The molecule has 0 heterocycles. The fraction of sp³-hybridized carbons (Fsp3) is 0.667. The molecule has 70 valence electrons. The second kappa shape index (κ2) is 4.49. The van der Waals surface area contributed by atoms with Crippen molar-refractivity contribution < 1.29 is 0 Å². The Hall–Kier alpha value is -0.520. The average Bonchev–Trinajstić information content (AvgIpc) is 1.97. The van der Waals surface area contributed by atoms with Crippen molar-refractivity contribution in [1.82, 2.24) is 0 Å². The van der Waals surface area contributed by atoms with E-state index in [9.17, 15) is 0 Å². The summed E-state index contributed by atoms with van der Waals surface area (Å²) in [5, 5.41) is 0. The molecule has 0 heteroatoms. The van der Waals surface area contributed by atoms with E-state index in [1.807, 2.05) is 0 Å². The standard InChI is InChI=1S/C12H22/c1-7-10(2)8-9-11(3)12(4,5)6/h8-10H,3,7H2,1-2,4-6H3/b9-8-. The lowest BCUT2D eigenvalue weighted by atomic mass is 9.87. The van der Waals surface area contributed by atoms with E-state index in [1.54, 1.807) is 0 Å². The minimum Gasteiger partial charge on any atom is -0.0953 e. The minimum atomic E-state index is 0.212. The Balaban J connectivity index is 4.10. The molecule has 0 aliphatic carbocycles. The Morgan fingerprint density at radius 3 is 2.25 bits per heavy atom. The van der Waals surface area contributed by atoms with Crippen molar-refractivity contribution in [3.05, 3.63) is 24.3 Å². The van der Waals surface area contributed by atoms with E-state index >= 15 is 0 Å². The van der Waals surface area contributed by atoms with Crippen molar-refractivity contribution in [3.8, 4) is 0 Å². The van der Waals surface area contributed by atoms with Crippen LogP contribution in [-0.4, -0.2) is 0 Å². The second-order valence-corrected chi connectivity index (χ2v) is 4.52. The Kier molecular flexibility index (Phi) is 4.30. The van der Waals surface area contributed by atoms with Gasteiger partial charge in [-0.15, -0.1) is 0 Å². The highest BCUT2D eigenvalue weighted by Gasteiger charge is 2.11. The molecule has 0 aromatic rings. The van der Waals surface area contributed by atoms with E-state index in [0.29, 0.717) is 5.92 Å². The van der Waals surface area contributed by atoms with Gasteiger partial charge in [-0.05, 0) is 11.3 Å². The molecule has 0 radical (unpaired) electrons. The molecule has 0 saturated heterocycles. The summed E-state index contributed by atoms with van der Waals surface area (Å²) >= 11 is 0. The number of hydrogen-bond acceptors (Lipinski definition) is 0. The van der Waals surface area contributed by atoms with Gasteiger partial charge in [0, 0.05) is 0 Å². The predicted molar refractivity (Wildman–Crippen MR) is 57.2 cm³/mol. The normalized spacial score (nSPS) is 15.1. The molecular weight excluding hydrogens is 144 g/mol. The van der Waals surface area contributed by atoms with Crippen molar-refractivity contribution in [2.45, 2.75) is 41.0 Å². The van der Waals surface area contributed by atoms with E-state index in [0.717, 1.165) is 0 Å². The van der Waals surface area contributed by atoms with E-state index in [4.69, 9.17) is 0 Å². The molecule has 0 aliphatic heterocycles. The van der Waals surface area contributed by atoms with Crippen LogP contribution >= 0.6 is 0 Å². The van der Waals surface area contributed by atoms with Crippen molar-refractivity contribution in [2.75, 3.05) is 0 Å². The molecular formula is C12H22. The maximum absolute atomic E-state index is 4.05. The molecule has 0 aromatic carbocycles. The first-order valence-corrected chi connectivity index (χ1v) is 4.75. The summed E-state index contributed by atoms with van der Waals surface area (Å²) in [6, 6.07) is 0. The van der Waals surface area contributed by atoms with Gasteiger partial charge in [-0.1, -0.05) is 65.3 Å². The first-order valence-electron chi connectivity index (χ1n) is 4.75. The topological polar surface area (TPSA) is 0 Å². The maximum atomic E-state index is 4.05. The van der Waals surface area contributed by atoms with Gasteiger partial charge in [-0.25, -0.2) is 0 Å². The predicted octanol–water partition coefficient (Wildman–Crippen LogP) is 4.19. The molecule has 0 bridgehead atoms. The number of hydrogen-bond donors (Lipinski definition) is 0. The zero-order valence-electron chi connectivity index (χ0n) is 9.15. The highest BCUT2D eigenvalue weighted by atomic mass is 14.2. The van der Waals surface area contributed by atoms with Crippen LogP contribution in [0.25, 0.3) is 0 Å². The zero-order chi connectivity index (χ0) is 9.78. The lowest BCUT2D eigenvalue weighted by Gasteiger charge is -2.18. The van der Waals surface area contributed by atoms with Crippen LogP contribution in [-0.2, 0) is 0 Å². The summed E-state index contributed by atoms with van der Waals surface area (Å²) in [6.07, 6.45) is 5.61. The Labute approximate surface area is 77.4 Å². The van der Waals surface area contributed by atoms with Crippen molar-refractivity contribution in [3.63, 3.8) is 0 Å². The summed E-state index contributed by atoms with van der Waals surface area (Å²) < 4.78 is 0. The quantitative estimate of drug-likeness (QED) is 0.551. The summed E-state index contributed by atoms with van der Waals surface area (Å²) in [5.41, 5.74) is 1.42. The molecule has 0 aromatic heterocycles. The average molecular weight is 166 g/mol. The van der Waals surface area contributed by atoms with Crippen LogP contribution in [0, 0.1) is 11.3 Å². The summed E-state index contributed by atoms with van der Waals surface area (Å²) in [4.78, 5) is 0. The molecule has 1 atom stereocenters. The van der Waals surface area contributed by atoms with E-state index in [1.165, 1.54) is 12.0 Å². The van der Waals surface area contributed by atoms with Crippen LogP contribution in [0.2, 0.25) is 0 Å². The molecule has 12 heavy (non-hydrogen) atoms. The fourth-order valence-electron chi connectivity index (χ4n) is 0.667. The van der Waals surface area contributed by atoms with Crippen LogP contribution in [0.3, 0.4) is 0 Å². The Morgan fingerprint density at radius 2 is 1.92 bits per heavy atom. The van der Waals surface area contributed by atoms with Gasteiger partial charge in [-0.2, -0.15) is 0 Å². The van der Waals surface area contributed by atoms with Crippen LogP contribution in [0.1, 0.15) is 41.0 Å². The van der Waals surface area contributed by atoms with E-state index in [-0.39, 0.29) is 5.41 Å². The zero-order valence-corrected chi connectivity index (χ0v) is 9.15. The van der Waals surface area contributed by atoms with Crippen molar-refractivity contribution in [2.24, 2.45) is 11.3 Å². The van der Waals surface area contributed by atoms with Gasteiger partial charge in [0.25, 0.3) is 0 Å². The highest BCUT2D eigenvalue weighted by molar-refractivity contribution is 5.21. The molecule has 0 amide bonds. The lowest BCUT2D eigenvalue weighted by molar-refractivity contribution is 0.518. The summed E-state index contributed by atoms with van der Waals surface area (Å²) in [6.45, 7) is 15.0. The second-order valence-electron chi connectivity index (χ2n) is 4.52. The molecule has 0 fully saturated rings. The largest absolute Gasteiger partial charge is 0.0953 e. The van der Waals surface area contributed by atoms with Crippen LogP contribution in [0.15, 0.2) is 24.3 Å². The van der Waals surface area contributed by atoms with E-state index in [2.05, 4.69) is 53.3 Å². The molecule has 0 aliphatic rings. The molecule has 0 saturated carbocycles. The van der Waals surface area contributed by atoms with Crippen molar-refractivity contribution in [1.29, 1.82) is 0 Å². The molecule has 0 spiro atoms. The SMILES string of the molecule is C=C(/C=C\C(C)CC)C(C)(C)C. The fourth-order valence-corrected chi connectivity index (χ4v) is 0.667. The van der Waals surface area contributed by atoms with Gasteiger partial charge in [0.2, 0.25) is 0 Å². The van der Waals surface area contributed by atoms with Gasteiger partial charge < -0.3 is 0 Å². The molecule has 0 N–H and O–H groups in total. The van der Waals surface area contributed by atoms with Crippen molar-refractivity contribution >= 4 is 0 Å². The van der Waals surface area contributed by atoms with Crippen LogP contribution < -0.4 is 0 Å². The Bertz CT molecular complexity index is 167. The van der Waals surface area contributed by atoms with Gasteiger partial charge in [0.05, 0.1) is 0 Å². The molecule has 0 nitrogen and oxygen atoms in total. The van der Waals surface area contributed by atoms with Crippen LogP contribution in [0.4, 0.5) is 0 Å². The van der Waals surface area contributed by atoms with Crippen LogP contribution in [0.5, 0.6) is 0 Å². The van der Waals surface area contributed by atoms with Gasteiger partial charge in [-0.3, -0.25) is 0 Å². The Morgan fingerprint density at radius 1 is 1.42 bits per heavy atom. The smallest absolute Gasteiger partial charge is 0.0138 e. The van der Waals surface area contributed by atoms with Gasteiger partial charge in [0.15, 0.2) is 0 Å². The third kappa shape index (κ3) is 4.38. The maximum Gasteiger partial charge on any atom is -0.0138 e. The minimum absolute atomic E-state index is 0.212. The van der Waals surface area contributed by atoms with Gasteiger partial charge in [0.1, 0.15) is 0 Å². The first kappa shape index (κ1) is 11.5. The highest BCUT2D eigenvalue weighted by Crippen LogP contribution is 2.24. The summed E-state index contributed by atoms with van der Waals surface area (Å²) in [5.74, 6) is 0.670. The third-order valence-corrected chi connectivity index (χ3v) is 2.23. The lowest BCUT2D eigenvalue weighted by Crippen LogP contribution is -2.06. The molecule has 0 rings (SSSR count). The number of rotatable bonds is 3. The third-order valence-electron chi connectivity index (χ3n) is 2.23. The summed E-state index contributed by atoms with van der Waals surface area (Å²) in [7, 11) is 0. The van der Waals surface area contributed by atoms with E-state index < -0.39 is 0 Å². The first-order chi connectivity index (χ1) is 5.38. The monoisotopic (exact) mass is 166 g/mol. The van der Waals surface area contributed by atoms with Gasteiger partial charge >= 0.3 is 0 Å². The number of allylic oxidation sites excluding steroid dienone is 3.